The molecule has 0 bridgehead atoms. The topological polar surface area (TPSA) is 74.6 Å². The zero-order valence-electron chi connectivity index (χ0n) is 16.2. The zero-order valence-corrected chi connectivity index (χ0v) is 16.2. The van der Waals surface area contributed by atoms with Crippen molar-refractivity contribution in [3.8, 4) is 5.75 Å². The minimum atomic E-state index is -0.996. The van der Waals surface area contributed by atoms with Crippen LogP contribution in [-0.4, -0.2) is 22.0 Å². The van der Waals surface area contributed by atoms with Gasteiger partial charge in [-0.2, -0.15) is 0 Å². The molecule has 0 spiro atoms. The lowest BCUT2D eigenvalue weighted by Gasteiger charge is -2.44. The van der Waals surface area contributed by atoms with Crippen molar-refractivity contribution in [1.82, 2.24) is 0 Å². The lowest BCUT2D eigenvalue weighted by Crippen LogP contribution is -2.41. The molecule has 0 aromatic heterocycles. The maximum absolute atomic E-state index is 12.1. The van der Waals surface area contributed by atoms with E-state index < -0.39 is 5.97 Å². The van der Waals surface area contributed by atoms with Gasteiger partial charge < -0.3 is 10.2 Å². The quantitative estimate of drug-likeness (QED) is 0.702. The van der Waals surface area contributed by atoms with Crippen LogP contribution in [0.1, 0.15) is 69.3 Å². The molecule has 1 aromatic carbocycles. The number of Topliss-reactive ketones (excluding diaryl/α,β-unsaturated/α-hetero) is 1. The molecule has 26 heavy (non-hydrogen) atoms. The van der Waals surface area contributed by atoms with Crippen molar-refractivity contribution >= 4 is 11.8 Å². The number of benzene rings is 1. The number of carboxylic acids is 1. The Labute approximate surface area is 155 Å². The van der Waals surface area contributed by atoms with E-state index in [9.17, 15) is 14.7 Å². The van der Waals surface area contributed by atoms with E-state index in [0.717, 1.165) is 19.3 Å². The van der Waals surface area contributed by atoms with Crippen molar-refractivity contribution in [2.75, 3.05) is 0 Å². The number of hydrogen-bond donors (Lipinski definition) is 2. The smallest absolute Gasteiger partial charge is 0.335 e. The lowest BCUT2D eigenvalue weighted by molar-refractivity contribution is -0.132. The number of ketones is 1. The Kier molecular flexibility index (Phi) is 6.27. The fraction of sp³-hybridized carbons (Fsp3) is 0.545. The molecule has 0 aliphatic heterocycles. The number of allylic oxidation sites excluding steroid dienone is 2. The first-order chi connectivity index (χ1) is 12.1. The molecule has 0 amide bonds. The second-order valence-corrected chi connectivity index (χ2v) is 8.04. The zero-order chi connectivity index (χ0) is 19.5. The number of aromatic hydroxyl groups is 1. The second-order valence-electron chi connectivity index (χ2n) is 8.04. The summed E-state index contributed by atoms with van der Waals surface area (Å²) >= 11 is 0. The molecule has 2 N–H and O–H groups in total. The molecule has 3 atom stereocenters. The molecule has 1 aliphatic carbocycles. The SMILES string of the molecule is CC(=CCc1cc(C(=O)O)ccc1O)CC[C@@]1(C)[C@H](C)CCC(=O)[C@H]1C. The van der Waals surface area contributed by atoms with Gasteiger partial charge in [0.1, 0.15) is 11.5 Å². The van der Waals surface area contributed by atoms with Crippen LogP contribution in [0.5, 0.6) is 5.75 Å². The minimum absolute atomic E-state index is 0.0236. The van der Waals surface area contributed by atoms with Gasteiger partial charge in [-0.05, 0) is 67.7 Å². The summed E-state index contributed by atoms with van der Waals surface area (Å²) in [7, 11) is 0. The molecule has 4 heteroatoms. The average Bonchev–Trinajstić information content (AvgIpc) is 2.61. The van der Waals surface area contributed by atoms with E-state index in [0.29, 0.717) is 30.1 Å². The first kappa shape index (κ1) is 20.2. The van der Waals surface area contributed by atoms with E-state index in [1.165, 1.54) is 23.8 Å². The molecule has 0 radical (unpaired) electrons. The Morgan fingerprint density at radius 3 is 2.69 bits per heavy atom. The standard InChI is InChI=1S/C22H30O4/c1-14(5-7-17-13-18(21(25)26)8-10-20(17)24)11-12-22(4)15(2)6-9-19(23)16(22)3/h5,8,10,13,15-16,24H,6-7,9,11-12H2,1-4H3,(H,25,26)/t15-,16-,22+/m1/s1. The van der Waals surface area contributed by atoms with Crippen LogP contribution in [-0.2, 0) is 11.2 Å². The summed E-state index contributed by atoms with van der Waals surface area (Å²) in [6, 6.07) is 4.36. The van der Waals surface area contributed by atoms with Gasteiger partial charge in [0.2, 0.25) is 0 Å². The maximum Gasteiger partial charge on any atom is 0.335 e. The van der Waals surface area contributed by atoms with Crippen LogP contribution in [0.15, 0.2) is 29.8 Å². The molecule has 1 saturated carbocycles. The molecule has 0 heterocycles. The first-order valence-corrected chi connectivity index (χ1v) is 9.38. The van der Waals surface area contributed by atoms with Crippen LogP contribution in [0.2, 0.25) is 0 Å². The number of phenolic OH excluding ortho intramolecular Hbond substituents is 1. The predicted molar refractivity (Wildman–Crippen MR) is 102 cm³/mol. The molecule has 0 unspecified atom stereocenters. The number of rotatable bonds is 6. The van der Waals surface area contributed by atoms with Crippen molar-refractivity contribution in [1.29, 1.82) is 0 Å². The highest BCUT2D eigenvalue weighted by molar-refractivity contribution is 5.88. The number of carbonyl (C=O) groups excluding carboxylic acids is 1. The third-order valence-corrected chi connectivity index (χ3v) is 6.48. The molecule has 0 saturated heterocycles. The number of hydrogen-bond acceptors (Lipinski definition) is 3. The lowest BCUT2D eigenvalue weighted by atomic mass is 9.59. The Morgan fingerprint density at radius 2 is 2.04 bits per heavy atom. The molecule has 1 fully saturated rings. The van der Waals surface area contributed by atoms with Gasteiger partial charge in [-0.15, -0.1) is 0 Å². The van der Waals surface area contributed by atoms with Crippen LogP contribution in [0.3, 0.4) is 0 Å². The highest BCUT2D eigenvalue weighted by atomic mass is 16.4. The number of carboxylic acid groups (broad SMARTS) is 1. The van der Waals surface area contributed by atoms with E-state index in [4.69, 9.17) is 5.11 Å². The summed E-state index contributed by atoms with van der Waals surface area (Å²) in [4.78, 5) is 23.2. The van der Waals surface area contributed by atoms with Crippen LogP contribution in [0.4, 0.5) is 0 Å². The molecule has 142 valence electrons. The highest BCUT2D eigenvalue weighted by Gasteiger charge is 2.42. The van der Waals surface area contributed by atoms with Gasteiger partial charge in [-0.3, -0.25) is 4.79 Å². The minimum Gasteiger partial charge on any atom is -0.508 e. The van der Waals surface area contributed by atoms with Gasteiger partial charge in [-0.25, -0.2) is 4.79 Å². The van der Waals surface area contributed by atoms with Crippen molar-refractivity contribution in [3.05, 3.63) is 41.0 Å². The maximum atomic E-state index is 12.1. The monoisotopic (exact) mass is 358 g/mol. The highest BCUT2D eigenvalue weighted by Crippen LogP contribution is 2.47. The summed E-state index contributed by atoms with van der Waals surface area (Å²) in [5.41, 5.74) is 2.02. The Hall–Kier alpha value is -2.10. The Bertz CT molecular complexity index is 719. The van der Waals surface area contributed by atoms with Crippen molar-refractivity contribution < 1.29 is 19.8 Å². The second kappa shape index (κ2) is 8.07. The third kappa shape index (κ3) is 4.35. The largest absolute Gasteiger partial charge is 0.508 e. The normalized spacial score (nSPS) is 26.8. The predicted octanol–water partition coefficient (Wildman–Crippen LogP) is 5.00. The van der Waals surface area contributed by atoms with Crippen molar-refractivity contribution in [2.45, 2.75) is 59.8 Å². The number of aromatic carboxylic acids is 1. The molecule has 2 rings (SSSR count). The molecular formula is C22H30O4. The molecular weight excluding hydrogens is 328 g/mol. The van der Waals surface area contributed by atoms with Gasteiger partial charge in [0.25, 0.3) is 0 Å². The molecule has 1 aromatic rings. The van der Waals surface area contributed by atoms with Gasteiger partial charge in [0.15, 0.2) is 0 Å². The summed E-state index contributed by atoms with van der Waals surface area (Å²) < 4.78 is 0. The van der Waals surface area contributed by atoms with Gasteiger partial charge in [0.05, 0.1) is 5.56 Å². The van der Waals surface area contributed by atoms with Crippen molar-refractivity contribution in [3.63, 3.8) is 0 Å². The van der Waals surface area contributed by atoms with Gasteiger partial charge in [0, 0.05) is 12.3 Å². The van der Waals surface area contributed by atoms with E-state index in [1.54, 1.807) is 0 Å². The number of carbonyl (C=O) groups is 2. The summed E-state index contributed by atoms with van der Waals surface area (Å²) in [6.07, 6.45) is 6.08. The number of phenols is 1. The van der Waals surface area contributed by atoms with Crippen LogP contribution >= 0.6 is 0 Å². The van der Waals surface area contributed by atoms with E-state index in [-0.39, 0.29) is 22.6 Å². The fourth-order valence-electron chi connectivity index (χ4n) is 3.90. The molecule has 1 aliphatic rings. The fourth-order valence-corrected chi connectivity index (χ4v) is 3.90. The van der Waals surface area contributed by atoms with E-state index in [1.807, 2.05) is 6.08 Å². The van der Waals surface area contributed by atoms with Gasteiger partial charge in [-0.1, -0.05) is 32.4 Å². The van der Waals surface area contributed by atoms with Crippen molar-refractivity contribution in [2.24, 2.45) is 17.3 Å². The Morgan fingerprint density at radius 1 is 1.35 bits per heavy atom. The van der Waals surface area contributed by atoms with Crippen LogP contribution < -0.4 is 0 Å². The van der Waals surface area contributed by atoms with Gasteiger partial charge >= 0.3 is 5.97 Å². The van der Waals surface area contributed by atoms with Crippen LogP contribution in [0, 0.1) is 17.3 Å². The summed E-state index contributed by atoms with van der Waals surface area (Å²) in [5, 5.41) is 19.0. The average molecular weight is 358 g/mol. The van der Waals surface area contributed by atoms with E-state index in [2.05, 4.69) is 27.7 Å². The van der Waals surface area contributed by atoms with Crippen LogP contribution in [0.25, 0.3) is 0 Å². The first-order valence-electron chi connectivity index (χ1n) is 9.38. The third-order valence-electron chi connectivity index (χ3n) is 6.48. The Balaban J connectivity index is 2.04. The summed E-state index contributed by atoms with van der Waals surface area (Å²) in [5.74, 6) is 0.119. The summed E-state index contributed by atoms with van der Waals surface area (Å²) in [6.45, 7) is 8.60. The van der Waals surface area contributed by atoms with E-state index >= 15 is 0 Å². The molecule has 4 nitrogen and oxygen atoms in total.